The van der Waals surface area contributed by atoms with Gasteiger partial charge in [0.2, 0.25) is 5.91 Å². The number of carbonyl (C=O) groups is 1. The Kier molecular flexibility index (Phi) is 8.38. The second kappa shape index (κ2) is 10.1. The molecule has 0 bridgehead atoms. The maximum absolute atomic E-state index is 12.1. The summed E-state index contributed by atoms with van der Waals surface area (Å²) >= 11 is 0. The summed E-state index contributed by atoms with van der Waals surface area (Å²) in [5.41, 5.74) is 11.7. The molecule has 1 heterocycles. The third kappa shape index (κ3) is 5.15. The van der Waals surface area contributed by atoms with Gasteiger partial charge in [-0.15, -0.1) is 0 Å². The Labute approximate surface area is 160 Å². The molecule has 10 heteroatoms. The molecule has 1 amide bonds. The molecule has 8 atom stereocenters. The van der Waals surface area contributed by atoms with Crippen molar-refractivity contribution in [3.05, 3.63) is 0 Å². The van der Waals surface area contributed by atoms with Crippen molar-refractivity contribution in [3.63, 3.8) is 0 Å². The summed E-state index contributed by atoms with van der Waals surface area (Å²) in [6.07, 6.45) is -2.55. The number of amides is 1. The number of nitrogens with two attached hydrogens (primary N) is 2. The predicted molar refractivity (Wildman–Crippen MR) is 97.7 cm³/mol. The standard InChI is InChI=1S/C17H34N4O6/c1-20-8-9-4-5-11(22)17(26-9)27-16-10(19)6-12(25-3)14(15(16)24)21(2)13(23)7-18/h9-12,14-17,20,22,24H,4-8,18-19H2,1-3H3/t9-,10-,11-,12-,14+,15+,16+,17+/m0/s1. The van der Waals surface area contributed by atoms with Gasteiger partial charge in [-0.05, 0) is 26.3 Å². The van der Waals surface area contributed by atoms with E-state index >= 15 is 0 Å². The van der Waals surface area contributed by atoms with Crippen molar-refractivity contribution in [1.82, 2.24) is 10.2 Å². The van der Waals surface area contributed by atoms with Crippen LogP contribution in [0.3, 0.4) is 0 Å². The molecule has 7 N–H and O–H groups in total. The minimum atomic E-state index is -1.11. The highest BCUT2D eigenvalue weighted by Gasteiger charge is 2.48. The van der Waals surface area contributed by atoms with Gasteiger partial charge in [-0.3, -0.25) is 4.79 Å². The van der Waals surface area contributed by atoms with Crippen LogP contribution in [0.4, 0.5) is 0 Å². The van der Waals surface area contributed by atoms with Crippen LogP contribution in [-0.4, -0.2) is 104 Å². The molecule has 2 aliphatic rings. The van der Waals surface area contributed by atoms with Gasteiger partial charge in [-0.25, -0.2) is 0 Å². The van der Waals surface area contributed by atoms with Crippen molar-refractivity contribution in [2.45, 2.75) is 68.2 Å². The summed E-state index contributed by atoms with van der Waals surface area (Å²) in [5.74, 6) is -0.321. The van der Waals surface area contributed by atoms with E-state index in [0.717, 1.165) is 0 Å². The van der Waals surface area contributed by atoms with Crippen LogP contribution >= 0.6 is 0 Å². The summed E-state index contributed by atoms with van der Waals surface area (Å²) in [7, 11) is 4.90. The lowest BCUT2D eigenvalue weighted by molar-refractivity contribution is -0.279. The smallest absolute Gasteiger partial charge is 0.236 e. The number of aliphatic hydroxyl groups excluding tert-OH is 2. The Morgan fingerprint density at radius 3 is 2.67 bits per heavy atom. The number of nitrogens with zero attached hydrogens (tertiary/aromatic N) is 1. The van der Waals surface area contributed by atoms with E-state index in [4.69, 9.17) is 25.7 Å². The molecule has 1 aliphatic carbocycles. The first-order chi connectivity index (χ1) is 12.8. The van der Waals surface area contributed by atoms with Crippen LogP contribution in [0.5, 0.6) is 0 Å². The molecular formula is C17H34N4O6. The van der Waals surface area contributed by atoms with E-state index in [2.05, 4.69) is 5.32 Å². The highest BCUT2D eigenvalue weighted by atomic mass is 16.7. The number of methoxy groups -OCH3 is 1. The Bertz CT molecular complexity index is 484. The first-order valence-electron chi connectivity index (χ1n) is 9.39. The lowest BCUT2D eigenvalue weighted by Crippen LogP contribution is -2.66. The average Bonchev–Trinajstić information content (AvgIpc) is 2.65. The van der Waals surface area contributed by atoms with Crippen molar-refractivity contribution < 1.29 is 29.2 Å². The highest BCUT2D eigenvalue weighted by molar-refractivity contribution is 5.78. The maximum Gasteiger partial charge on any atom is 0.236 e. The molecule has 0 spiro atoms. The fourth-order valence-corrected chi connectivity index (χ4v) is 3.91. The summed E-state index contributed by atoms with van der Waals surface area (Å²) < 4.78 is 17.2. The first kappa shape index (κ1) is 22.4. The Balaban J connectivity index is 2.13. The fourth-order valence-electron chi connectivity index (χ4n) is 3.91. The van der Waals surface area contributed by atoms with Crippen molar-refractivity contribution in [1.29, 1.82) is 0 Å². The maximum atomic E-state index is 12.1. The first-order valence-corrected chi connectivity index (χ1v) is 9.39. The van der Waals surface area contributed by atoms with E-state index < -0.39 is 42.8 Å². The van der Waals surface area contributed by atoms with Gasteiger partial charge in [0.1, 0.15) is 18.3 Å². The van der Waals surface area contributed by atoms with Crippen LogP contribution < -0.4 is 16.8 Å². The minimum absolute atomic E-state index is 0.0932. The topological polar surface area (TPSA) is 153 Å². The largest absolute Gasteiger partial charge is 0.388 e. The average molecular weight is 390 g/mol. The van der Waals surface area contributed by atoms with Gasteiger partial charge < -0.3 is 46.1 Å². The summed E-state index contributed by atoms with van der Waals surface area (Å²) in [4.78, 5) is 13.4. The number of ether oxygens (including phenoxy) is 3. The number of hydrogen-bond acceptors (Lipinski definition) is 9. The second-order valence-electron chi connectivity index (χ2n) is 7.29. The molecule has 158 valence electrons. The number of likely N-dealkylation sites (N-methyl/N-ethyl adjacent to an activating group) is 2. The van der Waals surface area contributed by atoms with Gasteiger partial charge in [0.15, 0.2) is 6.29 Å². The molecule has 27 heavy (non-hydrogen) atoms. The predicted octanol–water partition coefficient (Wildman–Crippen LogP) is -2.65. The SMILES string of the molecule is CNC[C@@H]1CC[C@H](O)[C@@H](O[C@H]2[C@H](O)[C@H](N(C)C(=O)CN)[C@@H](OC)C[C@@H]2N)O1. The van der Waals surface area contributed by atoms with Crippen LogP contribution in [0.1, 0.15) is 19.3 Å². The van der Waals surface area contributed by atoms with Gasteiger partial charge in [0.05, 0.1) is 24.8 Å². The van der Waals surface area contributed by atoms with E-state index in [1.54, 1.807) is 7.05 Å². The molecule has 1 aliphatic heterocycles. The monoisotopic (exact) mass is 390 g/mol. The Morgan fingerprint density at radius 1 is 1.37 bits per heavy atom. The van der Waals surface area contributed by atoms with E-state index in [0.29, 0.717) is 25.8 Å². The van der Waals surface area contributed by atoms with E-state index in [9.17, 15) is 15.0 Å². The number of hydrogen-bond donors (Lipinski definition) is 5. The lowest BCUT2D eigenvalue weighted by atomic mass is 9.83. The molecule has 0 aromatic carbocycles. The molecule has 2 fully saturated rings. The van der Waals surface area contributed by atoms with Crippen molar-refractivity contribution in [2.75, 3.05) is 34.3 Å². The summed E-state index contributed by atoms with van der Waals surface area (Å²) in [6, 6.07) is -1.20. The van der Waals surface area contributed by atoms with E-state index in [-0.39, 0.29) is 18.6 Å². The number of carbonyl (C=O) groups excluding carboxylic acids is 1. The zero-order chi connectivity index (χ0) is 20.1. The zero-order valence-corrected chi connectivity index (χ0v) is 16.3. The third-order valence-electron chi connectivity index (χ3n) is 5.46. The number of rotatable bonds is 7. The normalized spacial score (nSPS) is 40.0. The third-order valence-corrected chi connectivity index (χ3v) is 5.46. The van der Waals surface area contributed by atoms with Crippen LogP contribution in [0.15, 0.2) is 0 Å². The second-order valence-corrected chi connectivity index (χ2v) is 7.29. The van der Waals surface area contributed by atoms with Crippen molar-refractivity contribution in [2.24, 2.45) is 11.5 Å². The highest BCUT2D eigenvalue weighted by Crippen LogP contribution is 2.30. The number of aliphatic hydroxyl groups is 2. The molecule has 0 aromatic rings. The Hall–Kier alpha value is -0.850. The molecule has 10 nitrogen and oxygen atoms in total. The fraction of sp³-hybridized carbons (Fsp3) is 0.941. The zero-order valence-electron chi connectivity index (χ0n) is 16.3. The molecule has 0 unspecified atom stereocenters. The quantitative estimate of drug-likeness (QED) is 0.314. The number of nitrogens with one attached hydrogen (secondary N) is 1. The van der Waals surface area contributed by atoms with Gasteiger partial charge in [-0.1, -0.05) is 0 Å². The van der Waals surface area contributed by atoms with Gasteiger partial charge in [0, 0.05) is 26.7 Å². The van der Waals surface area contributed by atoms with Crippen LogP contribution in [0.2, 0.25) is 0 Å². The molecule has 2 rings (SSSR count). The van der Waals surface area contributed by atoms with E-state index in [1.807, 2.05) is 7.05 Å². The molecule has 1 saturated heterocycles. The summed E-state index contributed by atoms with van der Waals surface area (Å²) in [5, 5.41) is 24.2. The molecule has 0 aromatic heterocycles. The van der Waals surface area contributed by atoms with Crippen LogP contribution in [0, 0.1) is 0 Å². The van der Waals surface area contributed by atoms with E-state index in [1.165, 1.54) is 12.0 Å². The Morgan fingerprint density at radius 2 is 2.07 bits per heavy atom. The van der Waals surface area contributed by atoms with Crippen LogP contribution in [-0.2, 0) is 19.0 Å². The van der Waals surface area contributed by atoms with Gasteiger partial charge in [-0.2, -0.15) is 0 Å². The summed E-state index contributed by atoms with van der Waals surface area (Å²) in [6.45, 7) is 0.456. The molecule has 0 radical (unpaired) electrons. The van der Waals surface area contributed by atoms with Gasteiger partial charge in [0.25, 0.3) is 0 Å². The minimum Gasteiger partial charge on any atom is -0.388 e. The van der Waals surface area contributed by atoms with Gasteiger partial charge >= 0.3 is 0 Å². The van der Waals surface area contributed by atoms with Crippen molar-refractivity contribution >= 4 is 5.91 Å². The molecular weight excluding hydrogens is 356 g/mol. The lowest BCUT2D eigenvalue weighted by Gasteiger charge is -2.47. The van der Waals surface area contributed by atoms with Crippen LogP contribution in [0.25, 0.3) is 0 Å². The molecule has 1 saturated carbocycles. The van der Waals surface area contributed by atoms with Crippen molar-refractivity contribution in [3.8, 4) is 0 Å².